The lowest BCUT2D eigenvalue weighted by molar-refractivity contribution is -0.143. The van der Waals surface area contributed by atoms with Gasteiger partial charge in [0.1, 0.15) is 5.82 Å². The van der Waals surface area contributed by atoms with E-state index in [1.54, 1.807) is 12.1 Å². The normalized spacial score (nSPS) is 10.0. The molecule has 0 fully saturated rings. The summed E-state index contributed by atoms with van der Waals surface area (Å²) in [6.07, 6.45) is 0.570. The highest BCUT2D eigenvalue weighted by atomic mass is 19.1. The van der Waals surface area contributed by atoms with E-state index in [0.717, 1.165) is 0 Å². The van der Waals surface area contributed by atoms with E-state index >= 15 is 0 Å². The smallest absolute Gasteiger partial charge is 0.310 e. The molecule has 82 valence electrons. The number of benzene rings is 1. The molecule has 1 rings (SSSR count). The van der Waals surface area contributed by atoms with Crippen LogP contribution in [0.25, 0.3) is 0 Å². The maximum atomic E-state index is 12.5. The van der Waals surface area contributed by atoms with E-state index in [2.05, 4.69) is 0 Å². The van der Waals surface area contributed by atoms with Gasteiger partial charge >= 0.3 is 5.97 Å². The third-order valence-electron chi connectivity index (χ3n) is 1.83. The van der Waals surface area contributed by atoms with E-state index in [-0.39, 0.29) is 31.4 Å². The third-order valence-corrected chi connectivity index (χ3v) is 1.83. The zero-order valence-electron chi connectivity index (χ0n) is 8.28. The van der Waals surface area contributed by atoms with Crippen molar-refractivity contribution in [1.29, 1.82) is 0 Å². The molecular weight excluding hydrogens is 199 g/mol. The van der Waals surface area contributed by atoms with Gasteiger partial charge < -0.3 is 9.84 Å². The van der Waals surface area contributed by atoms with Crippen molar-refractivity contribution in [3.05, 3.63) is 35.6 Å². The molecule has 0 heterocycles. The van der Waals surface area contributed by atoms with Crippen molar-refractivity contribution < 1.29 is 19.0 Å². The van der Waals surface area contributed by atoms with Crippen molar-refractivity contribution in [1.82, 2.24) is 0 Å². The van der Waals surface area contributed by atoms with Crippen molar-refractivity contribution in [3.8, 4) is 0 Å². The number of aliphatic hydroxyl groups excluding tert-OH is 1. The van der Waals surface area contributed by atoms with Crippen molar-refractivity contribution in [3.63, 3.8) is 0 Å². The van der Waals surface area contributed by atoms with E-state index in [1.165, 1.54) is 12.1 Å². The number of esters is 1. The Morgan fingerprint density at radius 3 is 2.60 bits per heavy atom. The topological polar surface area (TPSA) is 46.5 Å². The predicted molar refractivity (Wildman–Crippen MR) is 52.8 cm³/mol. The Balaban J connectivity index is 2.34. The Morgan fingerprint density at radius 1 is 1.33 bits per heavy atom. The summed E-state index contributed by atoms with van der Waals surface area (Å²) >= 11 is 0. The molecule has 0 aromatic heterocycles. The monoisotopic (exact) mass is 212 g/mol. The molecule has 0 bridgehead atoms. The van der Waals surface area contributed by atoms with Gasteiger partial charge in [0, 0.05) is 13.0 Å². The molecule has 0 aliphatic carbocycles. The van der Waals surface area contributed by atoms with Crippen molar-refractivity contribution in [2.24, 2.45) is 0 Å². The molecule has 1 N–H and O–H groups in total. The first-order valence-corrected chi connectivity index (χ1v) is 4.73. The molecule has 0 atom stereocenters. The highest BCUT2D eigenvalue weighted by molar-refractivity contribution is 5.72. The summed E-state index contributed by atoms with van der Waals surface area (Å²) in [6.45, 7) is 0.223. The highest BCUT2D eigenvalue weighted by Crippen LogP contribution is 2.04. The van der Waals surface area contributed by atoms with Crippen LogP contribution in [0.15, 0.2) is 24.3 Å². The molecule has 1 aromatic rings. The quantitative estimate of drug-likeness (QED) is 0.591. The number of ether oxygens (including phenoxy) is 1. The second kappa shape index (κ2) is 6.14. The summed E-state index contributed by atoms with van der Waals surface area (Å²) in [7, 11) is 0. The summed E-state index contributed by atoms with van der Waals surface area (Å²) in [6, 6.07) is 5.69. The minimum absolute atomic E-state index is 0.00380. The van der Waals surface area contributed by atoms with Crippen LogP contribution in [0.5, 0.6) is 0 Å². The molecule has 0 saturated carbocycles. The van der Waals surface area contributed by atoms with Crippen LogP contribution in [-0.4, -0.2) is 24.3 Å². The average molecular weight is 212 g/mol. The van der Waals surface area contributed by atoms with E-state index in [0.29, 0.717) is 12.0 Å². The number of carbonyl (C=O) groups is 1. The largest absolute Gasteiger partial charge is 0.465 e. The number of carbonyl (C=O) groups excluding carboxylic acids is 1. The molecule has 15 heavy (non-hydrogen) atoms. The number of hydrogen-bond acceptors (Lipinski definition) is 3. The van der Waals surface area contributed by atoms with Crippen LogP contribution in [0.3, 0.4) is 0 Å². The zero-order chi connectivity index (χ0) is 11.1. The molecular formula is C11H13FO3. The van der Waals surface area contributed by atoms with Crippen molar-refractivity contribution in [2.45, 2.75) is 12.8 Å². The summed E-state index contributed by atoms with van der Waals surface area (Å²) in [5.41, 5.74) is 0.713. The van der Waals surface area contributed by atoms with Crippen LogP contribution in [-0.2, 0) is 16.0 Å². The Morgan fingerprint density at radius 2 is 2.00 bits per heavy atom. The number of halogens is 1. The second-order valence-corrected chi connectivity index (χ2v) is 3.10. The van der Waals surface area contributed by atoms with E-state index in [4.69, 9.17) is 9.84 Å². The van der Waals surface area contributed by atoms with Gasteiger partial charge in [-0.2, -0.15) is 0 Å². The first-order chi connectivity index (χ1) is 7.22. The van der Waals surface area contributed by atoms with E-state index < -0.39 is 0 Å². The summed E-state index contributed by atoms with van der Waals surface area (Å²) in [5, 5.41) is 8.47. The lowest BCUT2D eigenvalue weighted by Crippen LogP contribution is -2.09. The lowest BCUT2D eigenvalue weighted by Gasteiger charge is -2.03. The molecule has 0 amide bonds. The molecule has 0 aliphatic rings. The Kier molecular flexibility index (Phi) is 4.77. The number of hydrogen-bond donors (Lipinski definition) is 1. The van der Waals surface area contributed by atoms with Crippen LogP contribution >= 0.6 is 0 Å². The van der Waals surface area contributed by atoms with Crippen LogP contribution in [0.4, 0.5) is 4.39 Å². The van der Waals surface area contributed by atoms with Crippen molar-refractivity contribution in [2.75, 3.05) is 13.2 Å². The highest BCUT2D eigenvalue weighted by Gasteiger charge is 2.04. The van der Waals surface area contributed by atoms with Crippen molar-refractivity contribution >= 4 is 5.97 Å². The van der Waals surface area contributed by atoms with Crippen LogP contribution in [0, 0.1) is 5.82 Å². The van der Waals surface area contributed by atoms with E-state index in [9.17, 15) is 9.18 Å². The summed E-state index contributed by atoms with van der Waals surface area (Å²) < 4.78 is 17.4. The standard InChI is InChI=1S/C11H13FO3/c12-10-4-2-9(3-5-10)8-11(14)15-7-1-6-13/h2-5,13H,1,6-8H2. The van der Waals surface area contributed by atoms with Gasteiger partial charge in [-0.3, -0.25) is 4.79 Å². The maximum Gasteiger partial charge on any atom is 0.310 e. The molecule has 0 saturated heterocycles. The van der Waals surface area contributed by atoms with E-state index in [1.807, 2.05) is 0 Å². The minimum Gasteiger partial charge on any atom is -0.465 e. The van der Waals surface area contributed by atoms with Gasteiger partial charge in [0.25, 0.3) is 0 Å². The Bertz CT molecular complexity index is 308. The fraction of sp³-hybridized carbons (Fsp3) is 0.364. The second-order valence-electron chi connectivity index (χ2n) is 3.10. The maximum absolute atomic E-state index is 12.5. The van der Waals surface area contributed by atoms with Gasteiger partial charge in [0.05, 0.1) is 13.0 Å². The summed E-state index contributed by atoms with van der Waals surface area (Å²) in [5.74, 6) is -0.692. The average Bonchev–Trinajstić information content (AvgIpc) is 2.22. The van der Waals surface area contributed by atoms with Gasteiger partial charge in [-0.05, 0) is 17.7 Å². The Labute approximate surface area is 87.5 Å². The first-order valence-electron chi connectivity index (χ1n) is 4.73. The van der Waals surface area contributed by atoms with Gasteiger partial charge in [-0.15, -0.1) is 0 Å². The zero-order valence-corrected chi connectivity index (χ0v) is 8.28. The lowest BCUT2D eigenvalue weighted by atomic mass is 10.1. The fourth-order valence-electron chi connectivity index (χ4n) is 1.07. The number of aliphatic hydroxyl groups is 1. The van der Waals surface area contributed by atoms with Gasteiger partial charge in [0.2, 0.25) is 0 Å². The third kappa shape index (κ3) is 4.56. The van der Waals surface area contributed by atoms with Gasteiger partial charge in [-0.1, -0.05) is 12.1 Å². The molecule has 0 aliphatic heterocycles. The summed E-state index contributed by atoms with van der Waals surface area (Å²) in [4.78, 5) is 11.2. The SMILES string of the molecule is O=C(Cc1ccc(F)cc1)OCCCO. The van der Waals surface area contributed by atoms with Gasteiger partial charge in [0.15, 0.2) is 0 Å². The van der Waals surface area contributed by atoms with Crippen LogP contribution in [0.1, 0.15) is 12.0 Å². The fourth-order valence-corrected chi connectivity index (χ4v) is 1.07. The minimum atomic E-state index is -0.366. The molecule has 4 heteroatoms. The Hall–Kier alpha value is -1.42. The van der Waals surface area contributed by atoms with Gasteiger partial charge in [-0.25, -0.2) is 4.39 Å². The van der Waals surface area contributed by atoms with Crippen LogP contribution in [0.2, 0.25) is 0 Å². The molecule has 1 aromatic carbocycles. The predicted octanol–water partition coefficient (Wildman–Crippen LogP) is 1.29. The molecule has 0 unspecified atom stereocenters. The molecule has 0 radical (unpaired) electrons. The van der Waals surface area contributed by atoms with Crippen LogP contribution < -0.4 is 0 Å². The molecule has 3 nitrogen and oxygen atoms in total. The molecule has 0 spiro atoms. The first kappa shape index (κ1) is 11.7. The number of rotatable bonds is 5.